The Morgan fingerprint density at radius 3 is 2.55 bits per heavy atom. The zero-order valence-electron chi connectivity index (χ0n) is 12.1. The molecule has 0 saturated heterocycles. The number of hydrogen-bond acceptors (Lipinski definition) is 3. The van der Waals surface area contributed by atoms with Crippen LogP contribution >= 0.6 is 0 Å². The van der Waals surface area contributed by atoms with E-state index in [1.807, 2.05) is 42.5 Å². The Bertz CT molecular complexity index is 853. The molecule has 3 rings (SSSR count). The van der Waals surface area contributed by atoms with Crippen molar-refractivity contribution in [3.63, 3.8) is 0 Å². The van der Waals surface area contributed by atoms with Crippen LogP contribution in [0, 0.1) is 17.0 Å². The van der Waals surface area contributed by atoms with E-state index in [2.05, 4.69) is 0 Å². The quantitative estimate of drug-likeness (QED) is 0.583. The van der Waals surface area contributed by atoms with Crippen LogP contribution in [-0.2, 0) is 0 Å². The number of aliphatic hydroxyl groups excluding tert-OH is 1. The van der Waals surface area contributed by atoms with Crippen LogP contribution in [0.2, 0.25) is 0 Å². The monoisotopic (exact) mass is 293 g/mol. The first-order valence-electron chi connectivity index (χ1n) is 6.98. The first-order valence-corrected chi connectivity index (χ1v) is 6.98. The predicted molar refractivity (Wildman–Crippen MR) is 85.8 cm³/mol. The van der Waals surface area contributed by atoms with Crippen LogP contribution in [0.3, 0.4) is 0 Å². The zero-order valence-corrected chi connectivity index (χ0v) is 12.1. The van der Waals surface area contributed by atoms with Gasteiger partial charge in [-0.3, -0.25) is 10.1 Å². The third-order valence-electron chi connectivity index (χ3n) is 3.86. The van der Waals surface area contributed by atoms with Gasteiger partial charge in [0.05, 0.1) is 4.92 Å². The van der Waals surface area contributed by atoms with Crippen molar-refractivity contribution >= 4 is 16.5 Å². The molecule has 0 aliphatic heterocycles. The molecule has 0 bridgehead atoms. The van der Waals surface area contributed by atoms with Crippen LogP contribution in [0.4, 0.5) is 5.69 Å². The highest BCUT2D eigenvalue weighted by atomic mass is 16.6. The summed E-state index contributed by atoms with van der Waals surface area (Å²) in [6.45, 7) is 1.69. The van der Waals surface area contributed by atoms with Crippen molar-refractivity contribution in [2.24, 2.45) is 0 Å². The van der Waals surface area contributed by atoms with Gasteiger partial charge < -0.3 is 5.11 Å². The zero-order chi connectivity index (χ0) is 15.7. The molecule has 0 aliphatic carbocycles. The number of fused-ring (bicyclic) bond motifs is 1. The number of hydrogen-bond donors (Lipinski definition) is 1. The van der Waals surface area contributed by atoms with Crippen molar-refractivity contribution in [2.75, 3.05) is 0 Å². The number of nitro groups is 1. The molecule has 1 N–H and O–H groups in total. The van der Waals surface area contributed by atoms with Crippen LogP contribution < -0.4 is 0 Å². The van der Waals surface area contributed by atoms with Crippen LogP contribution in [-0.4, -0.2) is 10.0 Å². The van der Waals surface area contributed by atoms with Gasteiger partial charge in [0.2, 0.25) is 0 Å². The molecular formula is C18H15NO3. The molecule has 22 heavy (non-hydrogen) atoms. The fourth-order valence-corrected chi connectivity index (χ4v) is 2.66. The van der Waals surface area contributed by atoms with Gasteiger partial charge in [0.25, 0.3) is 5.69 Å². The van der Waals surface area contributed by atoms with Crippen molar-refractivity contribution in [2.45, 2.75) is 13.0 Å². The molecule has 0 amide bonds. The van der Waals surface area contributed by atoms with E-state index in [-0.39, 0.29) is 5.69 Å². The maximum Gasteiger partial charge on any atom is 0.272 e. The van der Waals surface area contributed by atoms with Crippen LogP contribution in [0.1, 0.15) is 22.8 Å². The lowest BCUT2D eigenvalue weighted by Crippen LogP contribution is -2.02. The third kappa shape index (κ3) is 2.44. The highest BCUT2D eigenvalue weighted by Crippen LogP contribution is 2.31. The fourth-order valence-electron chi connectivity index (χ4n) is 2.66. The average molecular weight is 293 g/mol. The van der Waals surface area contributed by atoms with E-state index in [1.54, 1.807) is 19.1 Å². The smallest absolute Gasteiger partial charge is 0.272 e. The molecule has 1 atom stereocenters. The molecule has 0 heterocycles. The molecule has 0 aliphatic rings. The van der Waals surface area contributed by atoms with Crippen molar-refractivity contribution < 1.29 is 10.0 Å². The van der Waals surface area contributed by atoms with E-state index in [0.717, 1.165) is 16.3 Å². The Morgan fingerprint density at radius 2 is 1.77 bits per heavy atom. The Morgan fingerprint density at radius 1 is 1.05 bits per heavy atom. The van der Waals surface area contributed by atoms with E-state index in [1.165, 1.54) is 6.07 Å². The van der Waals surface area contributed by atoms with E-state index in [4.69, 9.17) is 0 Å². The summed E-state index contributed by atoms with van der Waals surface area (Å²) >= 11 is 0. The summed E-state index contributed by atoms with van der Waals surface area (Å²) in [4.78, 5) is 10.6. The predicted octanol–water partition coefficient (Wildman–Crippen LogP) is 4.14. The maximum absolute atomic E-state index is 11.1. The largest absolute Gasteiger partial charge is 0.384 e. The van der Waals surface area contributed by atoms with Crippen LogP contribution in [0.15, 0.2) is 60.7 Å². The summed E-state index contributed by atoms with van der Waals surface area (Å²) in [6, 6.07) is 18.3. The summed E-state index contributed by atoms with van der Waals surface area (Å²) in [6.07, 6.45) is -0.898. The maximum atomic E-state index is 11.1. The fraction of sp³-hybridized carbons (Fsp3) is 0.111. The van der Waals surface area contributed by atoms with Gasteiger partial charge in [0.15, 0.2) is 0 Å². The highest BCUT2D eigenvalue weighted by molar-refractivity contribution is 5.86. The minimum atomic E-state index is -0.898. The molecule has 110 valence electrons. The average Bonchev–Trinajstić information content (AvgIpc) is 2.54. The van der Waals surface area contributed by atoms with Crippen molar-refractivity contribution in [3.8, 4) is 0 Å². The number of aryl methyl sites for hydroxylation is 1. The van der Waals surface area contributed by atoms with E-state index in [0.29, 0.717) is 11.1 Å². The van der Waals surface area contributed by atoms with Crippen molar-refractivity contribution in [1.82, 2.24) is 0 Å². The molecule has 0 unspecified atom stereocenters. The highest BCUT2D eigenvalue weighted by Gasteiger charge is 2.18. The van der Waals surface area contributed by atoms with Crippen molar-refractivity contribution in [1.29, 1.82) is 0 Å². The van der Waals surface area contributed by atoms with Gasteiger partial charge in [0.1, 0.15) is 6.10 Å². The van der Waals surface area contributed by atoms with Crippen LogP contribution in [0.25, 0.3) is 10.8 Å². The number of nitro benzene ring substituents is 1. The second-order valence-electron chi connectivity index (χ2n) is 5.27. The van der Waals surface area contributed by atoms with Gasteiger partial charge in [-0.2, -0.15) is 0 Å². The lowest BCUT2D eigenvalue weighted by atomic mass is 9.95. The number of nitrogens with zero attached hydrogens (tertiary/aromatic N) is 1. The Balaban J connectivity index is 2.12. The first-order chi connectivity index (χ1) is 10.6. The number of benzene rings is 3. The minimum absolute atomic E-state index is 0.0248. The van der Waals surface area contributed by atoms with E-state index >= 15 is 0 Å². The third-order valence-corrected chi connectivity index (χ3v) is 3.86. The van der Waals surface area contributed by atoms with Gasteiger partial charge >= 0.3 is 0 Å². The second-order valence-corrected chi connectivity index (χ2v) is 5.27. The Labute approximate surface area is 127 Å². The Hall–Kier alpha value is -2.72. The standard InChI is InChI=1S/C18H15NO3/c1-12-9-10-14(11-17(12)19(21)22)18(20)16-8-4-6-13-5-2-3-7-15(13)16/h2-11,18,20H,1H3/t18-/m0/s1. The molecule has 3 aromatic rings. The number of aliphatic hydroxyl groups is 1. The molecule has 0 spiro atoms. The van der Waals surface area contributed by atoms with Gasteiger partial charge in [0, 0.05) is 11.6 Å². The topological polar surface area (TPSA) is 63.4 Å². The summed E-state index contributed by atoms with van der Waals surface area (Å²) in [5.41, 5.74) is 1.88. The first kappa shape index (κ1) is 14.2. The van der Waals surface area contributed by atoms with Crippen molar-refractivity contribution in [3.05, 3.63) is 87.5 Å². The van der Waals surface area contributed by atoms with Gasteiger partial charge in [-0.05, 0) is 28.8 Å². The molecular weight excluding hydrogens is 278 g/mol. The molecule has 0 aromatic heterocycles. The summed E-state index contributed by atoms with van der Waals surface area (Å²) < 4.78 is 0. The lowest BCUT2D eigenvalue weighted by molar-refractivity contribution is -0.385. The normalized spacial score (nSPS) is 12.3. The lowest BCUT2D eigenvalue weighted by Gasteiger charge is -2.14. The molecule has 0 fully saturated rings. The SMILES string of the molecule is Cc1ccc([C@H](O)c2cccc3ccccc23)cc1[N+](=O)[O-]. The van der Waals surface area contributed by atoms with E-state index in [9.17, 15) is 15.2 Å². The summed E-state index contributed by atoms with van der Waals surface area (Å²) in [5, 5.41) is 23.7. The van der Waals surface area contributed by atoms with Gasteiger partial charge in [-0.15, -0.1) is 0 Å². The summed E-state index contributed by atoms with van der Waals surface area (Å²) in [7, 11) is 0. The Kier molecular flexibility index (Phi) is 3.61. The molecule has 4 nitrogen and oxygen atoms in total. The van der Waals surface area contributed by atoms with Gasteiger partial charge in [-0.1, -0.05) is 54.6 Å². The van der Waals surface area contributed by atoms with E-state index < -0.39 is 11.0 Å². The molecule has 3 aromatic carbocycles. The molecule has 0 saturated carbocycles. The number of rotatable bonds is 3. The van der Waals surface area contributed by atoms with Crippen LogP contribution in [0.5, 0.6) is 0 Å². The summed E-state index contributed by atoms with van der Waals surface area (Å²) in [5.74, 6) is 0. The minimum Gasteiger partial charge on any atom is -0.384 e. The second kappa shape index (κ2) is 5.58. The molecule has 4 heteroatoms. The molecule has 0 radical (unpaired) electrons. The van der Waals surface area contributed by atoms with Gasteiger partial charge in [-0.25, -0.2) is 0 Å².